The van der Waals surface area contributed by atoms with Gasteiger partial charge in [-0.05, 0) is 20.3 Å². The Morgan fingerprint density at radius 2 is 2.11 bits per heavy atom. The molecule has 0 radical (unpaired) electrons. The van der Waals surface area contributed by atoms with Crippen molar-refractivity contribution in [1.29, 1.82) is 0 Å². The molecule has 0 aliphatic carbocycles. The van der Waals surface area contributed by atoms with Gasteiger partial charge in [0.15, 0.2) is 0 Å². The second kappa shape index (κ2) is 10.7. The van der Waals surface area contributed by atoms with Crippen LogP contribution in [0.3, 0.4) is 0 Å². The summed E-state index contributed by atoms with van der Waals surface area (Å²) in [6, 6.07) is 0. The molecule has 0 aromatic rings. The maximum absolute atomic E-state index is 8.46. The molecule has 0 aliphatic rings. The second-order valence-corrected chi connectivity index (χ2v) is 1.73. The van der Waals surface area contributed by atoms with Gasteiger partial charge in [-0.1, -0.05) is 18.6 Å². The van der Waals surface area contributed by atoms with E-state index < -0.39 is 8.69 Å². The second-order valence-electron chi connectivity index (χ2n) is 1.57. The van der Waals surface area contributed by atoms with Gasteiger partial charge in [0, 0.05) is 0 Å². The zero-order chi connectivity index (χ0) is 7.70. The van der Waals surface area contributed by atoms with Crippen molar-refractivity contribution in [2.24, 2.45) is 0 Å². The largest absolute Gasteiger partial charge is 0.324 e. The van der Waals surface area contributed by atoms with Crippen LogP contribution in [0.1, 0.15) is 27.2 Å². The predicted octanol–water partition coefficient (Wildman–Crippen LogP) is 2.55. The predicted molar refractivity (Wildman–Crippen MR) is 39.5 cm³/mol. The summed E-state index contributed by atoms with van der Waals surface area (Å²) in [5, 5.41) is 0. The third kappa shape index (κ3) is 18.2. The molecule has 0 atom stereocenters. The van der Waals surface area contributed by atoms with Gasteiger partial charge < -0.3 is 4.89 Å². The summed E-state index contributed by atoms with van der Waals surface area (Å²) < 4.78 is 8.46. The van der Waals surface area contributed by atoms with E-state index in [0.29, 0.717) is 0 Å². The summed E-state index contributed by atoms with van der Waals surface area (Å²) >= 11 is 0. The molecule has 54 valence electrons. The lowest BCUT2D eigenvalue weighted by molar-refractivity contribution is 0.524. The molecule has 0 spiro atoms. The smallest absolute Gasteiger partial charge is 0.310 e. The third-order valence-corrected chi connectivity index (χ3v) is 1.05. The minimum Gasteiger partial charge on any atom is -0.310 e. The van der Waals surface area contributed by atoms with E-state index >= 15 is 0 Å². The number of rotatable bonds is 1. The first kappa shape index (κ1) is 11.6. The van der Waals surface area contributed by atoms with Crippen molar-refractivity contribution in [3.05, 3.63) is 11.6 Å². The van der Waals surface area contributed by atoms with E-state index in [1.165, 1.54) is 12.0 Å². The van der Waals surface area contributed by atoms with Crippen molar-refractivity contribution in [3.63, 3.8) is 0 Å². The van der Waals surface area contributed by atoms with Crippen molar-refractivity contribution in [2.45, 2.75) is 27.2 Å². The summed E-state index contributed by atoms with van der Waals surface area (Å²) in [5.41, 5.74) is 1.47. The highest BCUT2D eigenvalue weighted by molar-refractivity contribution is 7.16. The van der Waals surface area contributed by atoms with Crippen LogP contribution in [0.2, 0.25) is 0 Å². The maximum atomic E-state index is 8.46. The van der Waals surface area contributed by atoms with Gasteiger partial charge in [0.25, 0.3) is 0 Å². The van der Waals surface area contributed by atoms with Crippen LogP contribution in [0.15, 0.2) is 11.6 Å². The van der Waals surface area contributed by atoms with Crippen LogP contribution in [0, 0.1) is 0 Å². The molecule has 0 saturated carbocycles. The van der Waals surface area contributed by atoms with E-state index in [9.17, 15) is 0 Å². The molecule has 0 aromatic heterocycles. The summed E-state index contributed by atoms with van der Waals surface area (Å²) in [4.78, 5) is 6.99. The highest BCUT2D eigenvalue weighted by atomic mass is 31.1. The van der Waals surface area contributed by atoms with Gasteiger partial charge in [-0.15, -0.1) is 0 Å². The molecule has 1 N–H and O–H groups in total. The standard InChI is InChI=1S/C6H12.HO2P/c1-4-6(3)5-2;1-3-2/h4H,5H2,1-3H3;(H,1,2). The molecule has 9 heavy (non-hydrogen) atoms. The van der Waals surface area contributed by atoms with Crippen LogP contribution in [-0.2, 0) is 4.57 Å². The van der Waals surface area contributed by atoms with Gasteiger partial charge in [-0.2, -0.15) is 0 Å². The summed E-state index contributed by atoms with van der Waals surface area (Å²) in [5.74, 6) is 0. The van der Waals surface area contributed by atoms with E-state index in [1.54, 1.807) is 0 Å². The number of hydrogen-bond donors (Lipinski definition) is 1. The zero-order valence-corrected chi connectivity index (χ0v) is 6.98. The monoisotopic (exact) mass is 148 g/mol. The fourth-order valence-electron chi connectivity index (χ4n) is 0.204. The number of allylic oxidation sites excluding steroid dienone is 2. The SMILES string of the molecule is CC=C(C)CC.O=PO. The Morgan fingerprint density at radius 3 is 2.11 bits per heavy atom. The quantitative estimate of drug-likeness (QED) is 0.458. The lowest BCUT2D eigenvalue weighted by Crippen LogP contribution is -1.63. The Hall–Kier alpha value is -0.200. The van der Waals surface area contributed by atoms with Crippen LogP contribution in [0.5, 0.6) is 0 Å². The zero-order valence-electron chi connectivity index (χ0n) is 6.09. The first-order chi connectivity index (χ1) is 4.22. The van der Waals surface area contributed by atoms with Gasteiger partial charge in [-0.3, -0.25) is 0 Å². The summed E-state index contributed by atoms with van der Waals surface area (Å²) in [6.07, 6.45) is 3.33. The molecule has 0 amide bonds. The van der Waals surface area contributed by atoms with Gasteiger partial charge in [0.1, 0.15) is 0 Å². The molecular formula is C6H13O2P. The molecule has 0 unspecified atom stereocenters. The molecular weight excluding hydrogens is 135 g/mol. The Labute approximate surface area is 57.9 Å². The Kier molecular flexibility index (Phi) is 13.8. The number of hydrogen-bond acceptors (Lipinski definition) is 1. The van der Waals surface area contributed by atoms with Gasteiger partial charge in [0.05, 0.1) is 0 Å². The molecule has 0 bridgehead atoms. The first-order valence-electron chi connectivity index (χ1n) is 2.81. The van der Waals surface area contributed by atoms with Crippen molar-refractivity contribution in [3.8, 4) is 0 Å². The fourth-order valence-corrected chi connectivity index (χ4v) is 0.204. The van der Waals surface area contributed by atoms with Crippen molar-refractivity contribution in [2.75, 3.05) is 0 Å². The van der Waals surface area contributed by atoms with Crippen molar-refractivity contribution >= 4 is 8.69 Å². The lowest BCUT2D eigenvalue weighted by atomic mass is 10.2. The summed E-state index contributed by atoms with van der Waals surface area (Å²) in [6.45, 7) is 6.37. The molecule has 0 fully saturated rings. The summed E-state index contributed by atoms with van der Waals surface area (Å²) in [7, 11) is -0.833. The van der Waals surface area contributed by atoms with E-state index in [0.717, 1.165) is 0 Å². The van der Waals surface area contributed by atoms with Crippen molar-refractivity contribution < 1.29 is 9.46 Å². The molecule has 0 saturated heterocycles. The lowest BCUT2D eigenvalue weighted by Gasteiger charge is -1.85. The van der Waals surface area contributed by atoms with Gasteiger partial charge in [0.2, 0.25) is 0 Å². The molecule has 0 heterocycles. The molecule has 3 heteroatoms. The average molecular weight is 148 g/mol. The van der Waals surface area contributed by atoms with E-state index in [4.69, 9.17) is 9.46 Å². The van der Waals surface area contributed by atoms with Gasteiger partial charge >= 0.3 is 8.69 Å². The maximum Gasteiger partial charge on any atom is 0.324 e. The molecule has 0 rings (SSSR count). The normalized spacial score (nSPS) is 10.4. The average Bonchev–Trinajstić information content (AvgIpc) is 1.88. The van der Waals surface area contributed by atoms with Crippen LogP contribution in [-0.4, -0.2) is 4.89 Å². The first-order valence-corrected chi connectivity index (χ1v) is 3.57. The van der Waals surface area contributed by atoms with E-state index in [-0.39, 0.29) is 0 Å². The Bertz CT molecular complexity index is 89.1. The highest BCUT2D eigenvalue weighted by Crippen LogP contribution is 1.94. The van der Waals surface area contributed by atoms with Crippen LogP contribution in [0.4, 0.5) is 0 Å². The minimum atomic E-state index is -0.833. The topological polar surface area (TPSA) is 37.3 Å². The highest BCUT2D eigenvalue weighted by Gasteiger charge is 1.73. The fraction of sp³-hybridized carbons (Fsp3) is 0.667. The van der Waals surface area contributed by atoms with Crippen molar-refractivity contribution in [1.82, 2.24) is 0 Å². The molecule has 0 aromatic carbocycles. The third-order valence-electron chi connectivity index (χ3n) is 1.05. The van der Waals surface area contributed by atoms with Gasteiger partial charge in [-0.25, -0.2) is 4.57 Å². The van der Waals surface area contributed by atoms with E-state index in [2.05, 4.69) is 26.8 Å². The molecule has 0 aliphatic heterocycles. The van der Waals surface area contributed by atoms with Crippen LogP contribution >= 0.6 is 8.69 Å². The van der Waals surface area contributed by atoms with Crippen LogP contribution < -0.4 is 0 Å². The Morgan fingerprint density at radius 1 is 1.78 bits per heavy atom. The minimum absolute atomic E-state index is 0.833. The van der Waals surface area contributed by atoms with Crippen LogP contribution in [0.25, 0.3) is 0 Å². The van der Waals surface area contributed by atoms with E-state index in [1.807, 2.05) is 0 Å². The Balaban J connectivity index is 0. The molecule has 2 nitrogen and oxygen atoms in total.